The molecule has 0 radical (unpaired) electrons. The van der Waals surface area contributed by atoms with Gasteiger partial charge in [-0.1, -0.05) is 6.07 Å². The first kappa shape index (κ1) is 12.7. The first-order valence-electron chi connectivity index (χ1n) is 7.34. The molecule has 0 N–H and O–H groups in total. The Kier molecular flexibility index (Phi) is 3.31. The van der Waals surface area contributed by atoms with Gasteiger partial charge in [-0.25, -0.2) is 4.98 Å². The van der Waals surface area contributed by atoms with E-state index in [1.54, 1.807) is 0 Å². The van der Waals surface area contributed by atoms with Crippen LogP contribution in [-0.4, -0.2) is 32.9 Å². The van der Waals surface area contributed by atoms with Crippen LogP contribution in [0.1, 0.15) is 38.2 Å². The zero-order valence-electron chi connectivity index (χ0n) is 12.1. The SMILES string of the molecule is Cc1cccc2cnc(CC3CCCN3C(C)C)n12. The molecule has 0 spiro atoms. The van der Waals surface area contributed by atoms with Crippen molar-refractivity contribution in [1.29, 1.82) is 0 Å². The Morgan fingerprint density at radius 3 is 3.00 bits per heavy atom. The lowest BCUT2D eigenvalue weighted by Gasteiger charge is -2.28. The molecule has 0 amide bonds. The number of aromatic nitrogens is 2. The molecule has 3 heteroatoms. The van der Waals surface area contributed by atoms with Gasteiger partial charge in [0.2, 0.25) is 0 Å². The highest BCUT2D eigenvalue weighted by atomic mass is 15.2. The molecule has 3 heterocycles. The molecule has 1 aliphatic rings. The largest absolute Gasteiger partial charge is 0.301 e. The summed E-state index contributed by atoms with van der Waals surface area (Å²) in [6.45, 7) is 8.00. The molecule has 0 aliphatic carbocycles. The minimum atomic E-state index is 0.639. The molecular formula is C16H23N3. The van der Waals surface area contributed by atoms with E-state index in [0.29, 0.717) is 12.1 Å². The molecule has 1 atom stereocenters. The summed E-state index contributed by atoms with van der Waals surface area (Å²) in [6, 6.07) is 7.70. The molecule has 1 aliphatic heterocycles. The van der Waals surface area contributed by atoms with Gasteiger partial charge in [0.15, 0.2) is 0 Å². The van der Waals surface area contributed by atoms with Gasteiger partial charge in [0.05, 0.1) is 11.7 Å². The van der Waals surface area contributed by atoms with Gasteiger partial charge in [0.1, 0.15) is 5.82 Å². The zero-order chi connectivity index (χ0) is 13.4. The van der Waals surface area contributed by atoms with E-state index in [1.807, 2.05) is 6.20 Å². The Balaban J connectivity index is 1.89. The molecule has 19 heavy (non-hydrogen) atoms. The Labute approximate surface area is 115 Å². The minimum absolute atomic E-state index is 0.639. The molecule has 1 unspecified atom stereocenters. The first-order valence-corrected chi connectivity index (χ1v) is 7.34. The fraction of sp³-hybridized carbons (Fsp3) is 0.562. The highest BCUT2D eigenvalue weighted by molar-refractivity contribution is 5.47. The summed E-state index contributed by atoms with van der Waals surface area (Å²) in [5.74, 6) is 1.21. The first-order chi connectivity index (χ1) is 9.16. The van der Waals surface area contributed by atoms with Crippen LogP contribution in [0.3, 0.4) is 0 Å². The van der Waals surface area contributed by atoms with Gasteiger partial charge in [-0.2, -0.15) is 0 Å². The second-order valence-corrected chi connectivity index (χ2v) is 5.93. The number of pyridine rings is 1. The molecule has 2 aromatic heterocycles. The summed E-state index contributed by atoms with van der Waals surface area (Å²) in [5.41, 5.74) is 2.49. The second kappa shape index (κ2) is 4.97. The zero-order valence-corrected chi connectivity index (χ0v) is 12.1. The van der Waals surface area contributed by atoms with Gasteiger partial charge in [-0.05, 0) is 52.3 Å². The Morgan fingerprint density at radius 2 is 2.21 bits per heavy atom. The topological polar surface area (TPSA) is 20.5 Å². The van der Waals surface area contributed by atoms with Crippen LogP contribution in [0.15, 0.2) is 24.4 Å². The van der Waals surface area contributed by atoms with Crippen molar-refractivity contribution in [2.24, 2.45) is 0 Å². The van der Waals surface area contributed by atoms with Crippen molar-refractivity contribution in [3.63, 3.8) is 0 Å². The lowest BCUT2D eigenvalue weighted by Crippen LogP contribution is -2.37. The lowest BCUT2D eigenvalue weighted by molar-refractivity contribution is 0.201. The summed E-state index contributed by atoms with van der Waals surface area (Å²) >= 11 is 0. The number of aryl methyl sites for hydroxylation is 1. The number of fused-ring (bicyclic) bond motifs is 1. The van der Waals surface area contributed by atoms with E-state index in [4.69, 9.17) is 0 Å². The fourth-order valence-electron chi connectivity index (χ4n) is 3.40. The normalized spacial score (nSPS) is 20.7. The van der Waals surface area contributed by atoms with Gasteiger partial charge in [-0.15, -0.1) is 0 Å². The maximum Gasteiger partial charge on any atom is 0.115 e. The van der Waals surface area contributed by atoms with Crippen LogP contribution in [0, 0.1) is 6.92 Å². The number of likely N-dealkylation sites (tertiary alicyclic amines) is 1. The molecule has 1 fully saturated rings. The third-order valence-corrected chi connectivity index (χ3v) is 4.32. The van der Waals surface area contributed by atoms with Crippen LogP contribution in [0.2, 0.25) is 0 Å². The monoisotopic (exact) mass is 257 g/mol. The van der Waals surface area contributed by atoms with Crippen molar-refractivity contribution in [3.05, 3.63) is 35.9 Å². The van der Waals surface area contributed by atoms with Crippen molar-refractivity contribution >= 4 is 5.52 Å². The quantitative estimate of drug-likeness (QED) is 0.842. The number of hydrogen-bond donors (Lipinski definition) is 0. The molecule has 1 saturated heterocycles. The van der Waals surface area contributed by atoms with E-state index in [-0.39, 0.29) is 0 Å². The maximum absolute atomic E-state index is 4.65. The van der Waals surface area contributed by atoms with Crippen molar-refractivity contribution in [1.82, 2.24) is 14.3 Å². The average Bonchev–Trinajstić information content (AvgIpc) is 2.98. The van der Waals surface area contributed by atoms with Crippen molar-refractivity contribution in [3.8, 4) is 0 Å². The number of hydrogen-bond acceptors (Lipinski definition) is 2. The predicted molar refractivity (Wildman–Crippen MR) is 78.5 cm³/mol. The van der Waals surface area contributed by atoms with Crippen LogP contribution >= 0.6 is 0 Å². The van der Waals surface area contributed by atoms with Crippen molar-refractivity contribution in [2.75, 3.05) is 6.54 Å². The molecule has 0 aromatic carbocycles. The fourth-order valence-corrected chi connectivity index (χ4v) is 3.40. The average molecular weight is 257 g/mol. The van der Waals surface area contributed by atoms with Gasteiger partial charge in [0.25, 0.3) is 0 Å². The highest BCUT2D eigenvalue weighted by Crippen LogP contribution is 2.23. The smallest absolute Gasteiger partial charge is 0.115 e. The van der Waals surface area contributed by atoms with Gasteiger partial charge in [-0.3, -0.25) is 4.90 Å². The van der Waals surface area contributed by atoms with Crippen LogP contribution in [-0.2, 0) is 6.42 Å². The molecule has 102 valence electrons. The molecule has 0 saturated carbocycles. The second-order valence-electron chi connectivity index (χ2n) is 5.93. The predicted octanol–water partition coefficient (Wildman–Crippen LogP) is 3.06. The number of rotatable bonds is 3. The summed E-state index contributed by atoms with van der Waals surface area (Å²) < 4.78 is 2.30. The van der Waals surface area contributed by atoms with Crippen molar-refractivity contribution < 1.29 is 0 Å². The van der Waals surface area contributed by atoms with E-state index in [0.717, 1.165) is 6.42 Å². The van der Waals surface area contributed by atoms with Crippen LogP contribution in [0.5, 0.6) is 0 Å². The van der Waals surface area contributed by atoms with Crippen molar-refractivity contribution in [2.45, 2.75) is 52.1 Å². The van der Waals surface area contributed by atoms with Gasteiger partial charge < -0.3 is 4.40 Å². The summed E-state index contributed by atoms with van der Waals surface area (Å²) in [6.07, 6.45) is 5.69. The Bertz CT molecular complexity index is 570. The Hall–Kier alpha value is -1.35. The lowest BCUT2D eigenvalue weighted by atomic mass is 10.1. The minimum Gasteiger partial charge on any atom is -0.301 e. The molecule has 0 bridgehead atoms. The molecule has 2 aromatic rings. The van der Waals surface area contributed by atoms with Crippen LogP contribution in [0.25, 0.3) is 5.52 Å². The summed E-state index contributed by atoms with van der Waals surface area (Å²) in [7, 11) is 0. The number of nitrogens with zero attached hydrogens (tertiary/aromatic N) is 3. The van der Waals surface area contributed by atoms with Crippen LogP contribution in [0.4, 0.5) is 0 Å². The standard InChI is InChI=1S/C16H23N3/c1-12(2)18-9-5-8-14(18)10-16-17-11-15-7-4-6-13(3)19(15)16/h4,6-7,11-12,14H,5,8-10H2,1-3H3. The Morgan fingerprint density at radius 1 is 1.37 bits per heavy atom. The molecule has 3 rings (SSSR count). The molecule has 3 nitrogen and oxygen atoms in total. The maximum atomic E-state index is 4.65. The van der Waals surface area contributed by atoms with E-state index in [1.165, 1.54) is 36.4 Å². The van der Waals surface area contributed by atoms with E-state index < -0.39 is 0 Å². The van der Waals surface area contributed by atoms with E-state index in [2.05, 4.69) is 53.3 Å². The third kappa shape index (κ3) is 2.27. The van der Waals surface area contributed by atoms with E-state index >= 15 is 0 Å². The number of imidazole rings is 1. The van der Waals surface area contributed by atoms with E-state index in [9.17, 15) is 0 Å². The van der Waals surface area contributed by atoms with Gasteiger partial charge in [0, 0.05) is 24.2 Å². The summed E-state index contributed by atoms with van der Waals surface area (Å²) in [4.78, 5) is 7.27. The summed E-state index contributed by atoms with van der Waals surface area (Å²) in [5, 5.41) is 0. The van der Waals surface area contributed by atoms with Gasteiger partial charge >= 0.3 is 0 Å². The third-order valence-electron chi connectivity index (χ3n) is 4.32. The highest BCUT2D eigenvalue weighted by Gasteiger charge is 2.27. The molecular weight excluding hydrogens is 234 g/mol. The van der Waals surface area contributed by atoms with Crippen LogP contribution < -0.4 is 0 Å².